The Morgan fingerprint density at radius 3 is 2.38 bits per heavy atom. The minimum absolute atomic E-state index is 0.618. The number of rotatable bonds is 1. The van der Waals surface area contributed by atoms with Crippen molar-refractivity contribution in [1.29, 1.82) is 0 Å². The second kappa shape index (κ2) is 7.68. The summed E-state index contributed by atoms with van der Waals surface area (Å²) in [5.74, 6) is 0.618. The van der Waals surface area contributed by atoms with Crippen molar-refractivity contribution in [3.63, 3.8) is 0 Å². The number of aromatic nitrogens is 3. The van der Waals surface area contributed by atoms with Crippen LogP contribution in [0.5, 0.6) is 5.88 Å². The highest BCUT2D eigenvalue weighted by atomic mass is 16.5. The number of aryl methyl sites for hydroxylation is 1. The van der Waals surface area contributed by atoms with E-state index in [1.807, 2.05) is 34.6 Å². The van der Waals surface area contributed by atoms with Crippen LogP contribution in [0, 0.1) is 6.92 Å². The lowest BCUT2D eigenvalue weighted by atomic mass is 10.3. The van der Waals surface area contributed by atoms with Gasteiger partial charge < -0.3 is 4.74 Å². The zero-order chi connectivity index (χ0) is 12.6. The number of nitrogens with zero attached hydrogens (tertiary/aromatic N) is 3. The molecule has 0 N–H and O–H groups in total. The van der Waals surface area contributed by atoms with Crippen molar-refractivity contribution < 1.29 is 4.74 Å². The van der Waals surface area contributed by atoms with E-state index < -0.39 is 0 Å². The lowest BCUT2D eigenvalue weighted by Gasteiger charge is -2.00. The van der Waals surface area contributed by atoms with Crippen molar-refractivity contribution in [2.24, 2.45) is 0 Å². The Morgan fingerprint density at radius 1 is 1.19 bits per heavy atom. The van der Waals surface area contributed by atoms with E-state index in [0.717, 1.165) is 11.1 Å². The average Bonchev–Trinajstić information content (AvgIpc) is 2.76. The van der Waals surface area contributed by atoms with Crippen molar-refractivity contribution in [3.05, 3.63) is 24.2 Å². The standard InChI is InChI=1S/C8H9N3O.2C2H6/c1-6-5-10-11-4-3-9-8(12-2)7(6)11;2*1-2/h3-5H,1-2H3;2*1-2H3. The van der Waals surface area contributed by atoms with Gasteiger partial charge in [-0.1, -0.05) is 27.7 Å². The molecule has 0 bridgehead atoms. The van der Waals surface area contributed by atoms with Crippen molar-refractivity contribution in [2.75, 3.05) is 7.11 Å². The average molecular weight is 223 g/mol. The van der Waals surface area contributed by atoms with Gasteiger partial charge in [0, 0.05) is 18.0 Å². The molecule has 0 aliphatic heterocycles. The lowest BCUT2D eigenvalue weighted by Crippen LogP contribution is -1.93. The molecule has 2 aromatic heterocycles. The Kier molecular flexibility index (Phi) is 6.92. The molecule has 4 nitrogen and oxygen atoms in total. The van der Waals surface area contributed by atoms with E-state index in [1.54, 1.807) is 30.2 Å². The third-order valence-electron chi connectivity index (χ3n) is 1.77. The SMILES string of the molecule is CC.CC.COc1nccn2ncc(C)c12. The number of hydrogen-bond acceptors (Lipinski definition) is 3. The molecule has 16 heavy (non-hydrogen) atoms. The van der Waals surface area contributed by atoms with E-state index in [4.69, 9.17) is 4.74 Å². The van der Waals surface area contributed by atoms with Crippen molar-refractivity contribution in [1.82, 2.24) is 14.6 Å². The fourth-order valence-corrected chi connectivity index (χ4v) is 1.20. The largest absolute Gasteiger partial charge is 0.479 e. The fourth-order valence-electron chi connectivity index (χ4n) is 1.20. The quantitative estimate of drug-likeness (QED) is 0.745. The highest BCUT2D eigenvalue weighted by Gasteiger charge is 2.05. The Labute approximate surface area is 97.3 Å². The summed E-state index contributed by atoms with van der Waals surface area (Å²) < 4.78 is 6.85. The van der Waals surface area contributed by atoms with E-state index in [-0.39, 0.29) is 0 Å². The van der Waals surface area contributed by atoms with Gasteiger partial charge in [0.1, 0.15) is 5.52 Å². The predicted octanol–water partition coefficient (Wildman–Crippen LogP) is 3.10. The molecule has 0 saturated heterocycles. The van der Waals surface area contributed by atoms with Gasteiger partial charge in [-0.3, -0.25) is 0 Å². The Balaban J connectivity index is 0.000000509. The zero-order valence-corrected chi connectivity index (χ0v) is 11.0. The molecule has 0 amide bonds. The van der Waals surface area contributed by atoms with Gasteiger partial charge in [0.25, 0.3) is 0 Å². The number of fused-ring (bicyclic) bond motifs is 1. The first kappa shape index (κ1) is 14.4. The van der Waals surface area contributed by atoms with E-state index in [9.17, 15) is 0 Å². The van der Waals surface area contributed by atoms with Crippen LogP contribution in [0.25, 0.3) is 5.52 Å². The molecule has 0 aliphatic carbocycles. The van der Waals surface area contributed by atoms with Crippen LogP contribution < -0.4 is 4.74 Å². The molecule has 2 aromatic rings. The summed E-state index contributed by atoms with van der Waals surface area (Å²) in [7, 11) is 1.61. The monoisotopic (exact) mass is 223 g/mol. The summed E-state index contributed by atoms with van der Waals surface area (Å²) >= 11 is 0. The summed E-state index contributed by atoms with van der Waals surface area (Å²) in [5.41, 5.74) is 2.00. The van der Waals surface area contributed by atoms with Gasteiger partial charge in [-0.25, -0.2) is 9.50 Å². The molecule has 2 rings (SSSR count). The molecule has 0 saturated carbocycles. The molecule has 0 radical (unpaired) electrons. The number of hydrogen-bond donors (Lipinski definition) is 0. The molecular formula is C12H21N3O. The fraction of sp³-hybridized carbons (Fsp3) is 0.500. The van der Waals surface area contributed by atoms with E-state index in [1.165, 1.54) is 0 Å². The molecule has 2 heterocycles. The van der Waals surface area contributed by atoms with Gasteiger partial charge in [-0.2, -0.15) is 5.10 Å². The molecule has 0 spiro atoms. The van der Waals surface area contributed by atoms with Gasteiger partial charge in [-0.05, 0) is 6.92 Å². The second-order valence-corrected chi connectivity index (χ2v) is 2.56. The molecule has 90 valence electrons. The van der Waals surface area contributed by atoms with Gasteiger partial charge >= 0.3 is 0 Å². The van der Waals surface area contributed by atoms with Crippen molar-refractivity contribution in [2.45, 2.75) is 34.6 Å². The van der Waals surface area contributed by atoms with Gasteiger partial charge in [-0.15, -0.1) is 0 Å². The van der Waals surface area contributed by atoms with Crippen LogP contribution in [0.3, 0.4) is 0 Å². The molecule has 0 atom stereocenters. The normalized spacial score (nSPS) is 8.62. The molecular weight excluding hydrogens is 202 g/mol. The summed E-state index contributed by atoms with van der Waals surface area (Å²) in [6.45, 7) is 9.98. The number of ether oxygens (including phenoxy) is 1. The maximum atomic E-state index is 5.09. The molecule has 0 aromatic carbocycles. The van der Waals surface area contributed by atoms with E-state index in [0.29, 0.717) is 5.88 Å². The third-order valence-corrected chi connectivity index (χ3v) is 1.77. The van der Waals surface area contributed by atoms with Crippen LogP contribution in [0.4, 0.5) is 0 Å². The minimum atomic E-state index is 0.618. The summed E-state index contributed by atoms with van der Waals surface area (Å²) in [6.07, 6.45) is 5.25. The van der Waals surface area contributed by atoms with E-state index in [2.05, 4.69) is 10.1 Å². The minimum Gasteiger partial charge on any atom is -0.479 e. The van der Waals surface area contributed by atoms with Gasteiger partial charge in [0.05, 0.1) is 13.3 Å². The third kappa shape index (κ3) is 2.95. The first-order valence-electron chi connectivity index (χ1n) is 5.66. The Hall–Kier alpha value is -1.58. The summed E-state index contributed by atoms with van der Waals surface area (Å²) in [5, 5.41) is 4.12. The van der Waals surface area contributed by atoms with Crippen LogP contribution in [0.1, 0.15) is 33.3 Å². The van der Waals surface area contributed by atoms with E-state index >= 15 is 0 Å². The smallest absolute Gasteiger partial charge is 0.240 e. The molecule has 4 heteroatoms. The maximum Gasteiger partial charge on any atom is 0.240 e. The molecule has 0 unspecified atom stereocenters. The Bertz CT molecular complexity index is 410. The lowest BCUT2D eigenvalue weighted by molar-refractivity contribution is 0.400. The zero-order valence-electron chi connectivity index (χ0n) is 11.0. The topological polar surface area (TPSA) is 39.4 Å². The van der Waals surface area contributed by atoms with Crippen molar-refractivity contribution in [3.8, 4) is 5.88 Å². The summed E-state index contributed by atoms with van der Waals surface area (Å²) in [4.78, 5) is 4.08. The van der Waals surface area contributed by atoms with Crippen molar-refractivity contribution >= 4 is 5.52 Å². The first-order valence-corrected chi connectivity index (χ1v) is 5.66. The second-order valence-electron chi connectivity index (χ2n) is 2.56. The predicted molar refractivity (Wildman–Crippen MR) is 67.0 cm³/mol. The van der Waals surface area contributed by atoms with Crippen LogP contribution >= 0.6 is 0 Å². The number of methoxy groups -OCH3 is 1. The van der Waals surface area contributed by atoms with Crippen LogP contribution in [0.2, 0.25) is 0 Å². The first-order chi connectivity index (χ1) is 7.83. The molecule has 0 fully saturated rings. The Morgan fingerprint density at radius 2 is 1.81 bits per heavy atom. The molecule has 0 aliphatic rings. The van der Waals surface area contributed by atoms with Gasteiger partial charge in [0.2, 0.25) is 5.88 Å². The van der Waals surface area contributed by atoms with Crippen LogP contribution in [0.15, 0.2) is 18.6 Å². The maximum absolute atomic E-state index is 5.09. The summed E-state index contributed by atoms with van der Waals surface area (Å²) in [6, 6.07) is 0. The van der Waals surface area contributed by atoms with Gasteiger partial charge in [0.15, 0.2) is 0 Å². The van der Waals surface area contributed by atoms with Crippen LogP contribution in [-0.2, 0) is 0 Å². The highest BCUT2D eigenvalue weighted by Crippen LogP contribution is 2.18. The van der Waals surface area contributed by atoms with Crippen LogP contribution in [-0.4, -0.2) is 21.7 Å². The highest BCUT2D eigenvalue weighted by molar-refractivity contribution is 5.60.